The minimum Gasteiger partial charge on any atom is -0.506 e. The van der Waals surface area contributed by atoms with Gasteiger partial charge < -0.3 is 10.4 Å². The van der Waals surface area contributed by atoms with E-state index in [-0.39, 0.29) is 22.9 Å². The van der Waals surface area contributed by atoms with Crippen molar-refractivity contribution in [3.8, 4) is 5.75 Å². The first kappa shape index (κ1) is 19.6. The predicted octanol–water partition coefficient (Wildman–Crippen LogP) is 5.09. The van der Waals surface area contributed by atoms with E-state index in [0.717, 1.165) is 10.2 Å². The molecule has 3 N–H and O–H groups in total. The van der Waals surface area contributed by atoms with Crippen molar-refractivity contribution < 1.29 is 9.74 Å². The second-order valence-electron chi connectivity index (χ2n) is 5.66. The number of hydrogen-bond acceptors (Lipinski definition) is 9. The summed E-state index contributed by atoms with van der Waals surface area (Å²) >= 11 is 12.6. The molecule has 2 heterocycles. The molecule has 0 bridgehead atoms. The predicted molar refractivity (Wildman–Crippen MR) is 117 cm³/mol. The fourth-order valence-electron chi connectivity index (χ4n) is 2.32. The lowest BCUT2D eigenvalue weighted by Gasteiger charge is -2.09. The number of nitrogens with zero attached hydrogens (tertiary/aromatic N) is 5. The quantitative estimate of drug-likeness (QED) is 0.237. The van der Waals surface area contributed by atoms with E-state index in [0.29, 0.717) is 20.9 Å². The van der Waals surface area contributed by atoms with Crippen molar-refractivity contribution in [1.29, 1.82) is 0 Å². The zero-order valence-electron chi connectivity index (χ0n) is 14.3. The van der Waals surface area contributed by atoms with E-state index in [1.54, 1.807) is 36.4 Å². The molecule has 146 valence electrons. The third-order valence-electron chi connectivity index (χ3n) is 3.65. The van der Waals surface area contributed by atoms with E-state index < -0.39 is 0 Å². The summed E-state index contributed by atoms with van der Waals surface area (Å²) in [5.74, 6) is 0.695. The van der Waals surface area contributed by atoms with Gasteiger partial charge >= 0.3 is 0 Å². The van der Waals surface area contributed by atoms with Crippen molar-refractivity contribution in [1.82, 2.24) is 20.3 Å². The second kappa shape index (κ2) is 8.31. The number of fused-ring (bicyclic) bond motifs is 1. The first-order valence-corrected chi connectivity index (χ1v) is 9.96. The van der Waals surface area contributed by atoms with Crippen LogP contribution < -0.4 is 10.7 Å². The molecule has 2 aromatic carbocycles. The Labute approximate surface area is 185 Å². The molecule has 9 nitrogen and oxygen atoms in total. The first-order valence-electron chi connectivity index (χ1n) is 7.99. The lowest BCUT2D eigenvalue weighted by atomic mass is 10.2. The van der Waals surface area contributed by atoms with Crippen molar-refractivity contribution in [3.63, 3.8) is 0 Å². The van der Waals surface area contributed by atoms with Crippen LogP contribution in [0, 0.1) is 0 Å². The number of nitrogens with one attached hydrogen (secondary N) is 2. The number of phenolic OH excluding ortho intramolecular Hbond substituents is 1. The summed E-state index contributed by atoms with van der Waals surface area (Å²) < 4.78 is 5.99. The third-order valence-corrected chi connectivity index (χ3v) is 4.97. The molecule has 0 aliphatic rings. The zero-order valence-corrected chi connectivity index (χ0v) is 18.2. The number of aromatic hydroxyl groups is 1. The van der Waals surface area contributed by atoms with Crippen molar-refractivity contribution in [2.75, 3.05) is 10.7 Å². The summed E-state index contributed by atoms with van der Waals surface area (Å²) in [5, 5.41) is 25.4. The lowest BCUT2D eigenvalue weighted by molar-refractivity contribution is 0.314. The standard InChI is InChI=1S/C17H10Br2ClN7O2/c18-9-5-8(13(28)12(19)6-9)7-21-25-15-14(22-11-3-1-10(20)2-4-11)23-16-17(24-15)27-29-26-16/h1-7,28H,(H,22,23,26)(H,24,25,27). The minimum absolute atomic E-state index is 0.0560. The van der Waals surface area contributed by atoms with E-state index in [4.69, 9.17) is 11.6 Å². The van der Waals surface area contributed by atoms with Crippen LogP contribution in [0.25, 0.3) is 11.3 Å². The highest BCUT2D eigenvalue weighted by molar-refractivity contribution is 9.11. The van der Waals surface area contributed by atoms with Crippen LogP contribution in [0.15, 0.2) is 55.1 Å². The van der Waals surface area contributed by atoms with Crippen LogP contribution in [0.3, 0.4) is 0 Å². The SMILES string of the molecule is Oc1c(Br)cc(Br)cc1C=NNc1nc2nonc2nc1Nc1ccc(Cl)cc1. The number of rotatable bonds is 5. The summed E-state index contributed by atoms with van der Waals surface area (Å²) in [6, 6.07) is 10.5. The molecule has 0 radical (unpaired) electrons. The van der Waals surface area contributed by atoms with E-state index in [2.05, 4.69) is 72.6 Å². The summed E-state index contributed by atoms with van der Waals surface area (Å²) in [5.41, 5.74) is 4.48. The van der Waals surface area contributed by atoms with Crippen LogP contribution in [-0.4, -0.2) is 31.6 Å². The largest absolute Gasteiger partial charge is 0.506 e. The zero-order chi connectivity index (χ0) is 20.4. The maximum Gasteiger partial charge on any atom is 0.245 e. The highest BCUT2D eigenvalue weighted by Crippen LogP contribution is 2.31. The summed E-state index contributed by atoms with van der Waals surface area (Å²) in [6.07, 6.45) is 1.45. The molecule has 0 spiro atoms. The van der Waals surface area contributed by atoms with Crippen LogP contribution in [0.4, 0.5) is 17.3 Å². The fourth-order valence-corrected chi connectivity index (χ4v) is 3.70. The van der Waals surface area contributed by atoms with Crippen LogP contribution in [-0.2, 0) is 0 Å². The van der Waals surface area contributed by atoms with Gasteiger partial charge in [-0.3, -0.25) is 5.43 Å². The summed E-state index contributed by atoms with van der Waals surface area (Å²) in [4.78, 5) is 8.66. The molecule has 0 saturated carbocycles. The van der Waals surface area contributed by atoms with Gasteiger partial charge in [0.25, 0.3) is 0 Å². The normalized spacial score (nSPS) is 11.3. The molecule has 4 rings (SSSR count). The molecule has 0 amide bonds. The monoisotopic (exact) mass is 537 g/mol. The third kappa shape index (κ3) is 4.47. The fraction of sp³-hybridized carbons (Fsp3) is 0. The Morgan fingerprint density at radius 2 is 1.72 bits per heavy atom. The molecule has 29 heavy (non-hydrogen) atoms. The molecule has 0 unspecified atom stereocenters. The maximum absolute atomic E-state index is 10.1. The molecule has 0 saturated heterocycles. The van der Waals surface area contributed by atoms with Gasteiger partial charge in [-0.1, -0.05) is 27.5 Å². The highest BCUT2D eigenvalue weighted by atomic mass is 79.9. The first-order chi connectivity index (χ1) is 14.0. The minimum atomic E-state index is 0.0560. The van der Waals surface area contributed by atoms with Gasteiger partial charge in [0.15, 0.2) is 11.6 Å². The number of hydrogen-bond donors (Lipinski definition) is 3. The van der Waals surface area contributed by atoms with Gasteiger partial charge in [-0.25, -0.2) is 9.61 Å². The highest BCUT2D eigenvalue weighted by Gasteiger charge is 2.13. The van der Waals surface area contributed by atoms with E-state index >= 15 is 0 Å². The van der Waals surface area contributed by atoms with E-state index in [1.165, 1.54) is 6.21 Å². The van der Waals surface area contributed by atoms with Crippen LogP contribution >= 0.6 is 43.5 Å². The molecule has 0 fully saturated rings. The molecule has 12 heteroatoms. The number of aromatic nitrogens is 4. The van der Waals surface area contributed by atoms with Gasteiger partial charge in [-0.15, -0.1) is 0 Å². The van der Waals surface area contributed by atoms with Gasteiger partial charge in [0.2, 0.25) is 11.3 Å². The summed E-state index contributed by atoms with van der Waals surface area (Å²) in [7, 11) is 0. The smallest absolute Gasteiger partial charge is 0.245 e. The van der Waals surface area contributed by atoms with Crippen molar-refractivity contribution >= 4 is 78.3 Å². The molecule has 2 aromatic heterocycles. The molecule has 0 atom stereocenters. The van der Waals surface area contributed by atoms with Gasteiger partial charge in [-0.05, 0) is 62.6 Å². The number of anilines is 3. The Kier molecular flexibility index (Phi) is 5.60. The van der Waals surface area contributed by atoms with Crippen molar-refractivity contribution in [3.05, 3.63) is 55.9 Å². The lowest BCUT2D eigenvalue weighted by Crippen LogP contribution is -2.03. The van der Waals surface area contributed by atoms with Gasteiger partial charge in [-0.2, -0.15) is 10.1 Å². The molecular weight excluding hydrogens is 529 g/mol. The number of halogens is 3. The maximum atomic E-state index is 10.1. The number of benzene rings is 2. The second-order valence-corrected chi connectivity index (χ2v) is 7.87. The molecule has 0 aliphatic heterocycles. The van der Waals surface area contributed by atoms with Crippen molar-refractivity contribution in [2.45, 2.75) is 0 Å². The Balaban J connectivity index is 1.64. The average molecular weight is 540 g/mol. The van der Waals surface area contributed by atoms with Gasteiger partial charge in [0.1, 0.15) is 5.75 Å². The van der Waals surface area contributed by atoms with E-state index in [9.17, 15) is 5.11 Å². The van der Waals surface area contributed by atoms with Gasteiger partial charge in [0.05, 0.1) is 10.7 Å². The number of hydrazone groups is 1. The van der Waals surface area contributed by atoms with Crippen molar-refractivity contribution in [2.24, 2.45) is 5.10 Å². The van der Waals surface area contributed by atoms with Gasteiger partial charge in [0, 0.05) is 20.7 Å². The van der Waals surface area contributed by atoms with Crippen LogP contribution in [0.1, 0.15) is 5.56 Å². The topological polar surface area (TPSA) is 121 Å². The molecule has 4 aromatic rings. The Bertz CT molecular complexity index is 1210. The van der Waals surface area contributed by atoms with Crippen LogP contribution in [0.2, 0.25) is 5.02 Å². The Morgan fingerprint density at radius 3 is 2.45 bits per heavy atom. The Hall–Kier alpha value is -2.76. The average Bonchev–Trinajstić information content (AvgIpc) is 3.14. The van der Waals surface area contributed by atoms with E-state index in [1.807, 2.05) is 0 Å². The number of phenols is 1. The molecule has 0 aliphatic carbocycles. The van der Waals surface area contributed by atoms with Crippen LogP contribution in [0.5, 0.6) is 5.75 Å². The molecular formula is C17H10Br2ClN7O2. The summed E-state index contributed by atoms with van der Waals surface area (Å²) in [6.45, 7) is 0. The Morgan fingerprint density at radius 1 is 1.03 bits per heavy atom.